The monoisotopic (exact) mass is 271 g/mol. The molecule has 1 unspecified atom stereocenters. The zero-order valence-corrected chi connectivity index (χ0v) is 11.4. The molecule has 0 N–H and O–H groups in total. The summed E-state index contributed by atoms with van der Waals surface area (Å²) in [6, 6.07) is 0. The van der Waals surface area contributed by atoms with Crippen molar-refractivity contribution in [3.8, 4) is 0 Å². The van der Waals surface area contributed by atoms with Gasteiger partial charge in [-0.05, 0) is 6.92 Å². The van der Waals surface area contributed by atoms with Gasteiger partial charge in [0.15, 0.2) is 5.03 Å². The number of hydrogen-bond donors (Lipinski definition) is 0. The Morgan fingerprint density at radius 2 is 2.22 bits per heavy atom. The van der Waals surface area contributed by atoms with Crippen molar-refractivity contribution in [1.29, 1.82) is 0 Å². The number of sulfonamides is 1. The number of aryl methyl sites for hydroxylation is 1. The molecule has 1 aliphatic rings. The van der Waals surface area contributed by atoms with E-state index < -0.39 is 10.0 Å². The lowest BCUT2D eigenvalue weighted by atomic mass is 10.0. The third kappa shape index (κ3) is 2.32. The van der Waals surface area contributed by atoms with Crippen LogP contribution in [0.15, 0.2) is 17.6 Å². The lowest BCUT2D eigenvalue weighted by Gasteiger charge is -2.28. The number of nitrogens with zero attached hydrogens (tertiary/aromatic N) is 3. The maximum absolute atomic E-state index is 12.3. The molecule has 7 heteroatoms. The lowest BCUT2D eigenvalue weighted by molar-refractivity contribution is -0.124. The summed E-state index contributed by atoms with van der Waals surface area (Å²) in [5, 5.41) is 0.0610. The summed E-state index contributed by atoms with van der Waals surface area (Å²) in [4.78, 5) is 15.3. The molecular weight excluding hydrogens is 254 g/mol. The topological polar surface area (TPSA) is 72.3 Å². The molecule has 1 fully saturated rings. The second kappa shape index (κ2) is 4.81. The van der Waals surface area contributed by atoms with Crippen LogP contribution in [0.25, 0.3) is 0 Å². The van der Waals surface area contributed by atoms with Gasteiger partial charge in [-0.1, -0.05) is 6.92 Å². The molecule has 1 aliphatic heterocycles. The number of carbonyl (C=O) groups excluding carboxylic acids is 1. The van der Waals surface area contributed by atoms with Crippen LogP contribution in [0, 0.1) is 5.92 Å². The molecule has 1 aromatic rings. The smallest absolute Gasteiger partial charge is 0.262 e. The Hall–Kier alpha value is -1.21. The van der Waals surface area contributed by atoms with E-state index in [9.17, 15) is 13.2 Å². The zero-order chi connectivity index (χ0) is 13.3. The van der Waals surface area contributed by atoms with Crippen LogP contribution in [0.2, 0.25) is 0 Å². The number of Topliss-reactive ketones (excluding diaryl/α,β-unsaturated/α-hetero) is 1. The van der Waals surface area contributed by atoms with Crippen molar-refractivity contribution in [3.63, 3.8) is 0 Å². The number of hydrogen-bond acceptors (Lipinski definition) is 4. The maximum Gasteiger partial charge on any atom is 0.262 e. The number of imidazole rings is 1. The first-order valence-corrected chi connectivity index (χ1v) is 7.43. The summed E-state index contributed by atoms with van der Waals surface area (Å²) in [7, 11) is -3.56. The first kappa shape index (κ1) is 13.2. The minimum Gasteiger partial charge on any atom is -0.336 e. The number of aromatic nitrogens is 2. The Kier molecular flexibility index (Phi) is 3.54. The highest BCUT2D eigenvalue weighted by Gasteiger charge is 2.33. The minimum atomic E-state index is -3.56. The number of ketones is 1. The van der Waals surface area contributed by atoms with E-state index in [2.05, 4.69) is 4.98 Å². The van der Waals surface area contributed by atoms with E-state index in [-0.39, 0.29) is 36.2 Å². The van der Waals surface area contributed by atoms with Crippen molar-refractivity contribution in [1.82, 2.24) is 13.9 Å². The Labute approximate surface area is 107 Å². The Balaban J connectivity index is 2.23. The van der Waals surface area contributed by atoms with Gasteiger partial charge in [0.25, 0.3) is 10.0 Å². The first-order valence-electron chi connectivity index (χ1n) is 5.99. The standard InChI is InChI=1S/C11H17N3O3S/c1-3-13-7-11(12-8-13)18(16,17)14-5-4-10(15)9(2)6-14/h7-9H,3-6H2,1-2H3. The molecule has 1 aromatic heterocycles. The van der Waals surface area contributed by atoms with Crippen LogP contribution < -0.4 is 0 Å². The van der Waals surface area contributed by atoms with Crippen molar-refractivity contribution in [2.75, 3.05) is 13.1 Å². The van der Waals surface area contributed by atoms with Crippen molar-refractivity contribution in [2.45, 2.75) is 31.8 Å². The van der Waals surface area contributed by atoms with Gasteiger partial charge in [-0.25, -0.2) is 13.4 Å². The van der Waals surface area contributed by atoms with Gasteiger partial charge >= 0.3 is 0 Å². The summed E-state index contributed by atoms with van der Waals surface area (Å²) in [5.74, 6) is -0.109. The second-order valence-corrected chi connectivity index (χ2v) is 6.41. The largest absolute Gasteiger partial charge is 0.336 e. The Bertz CT molecular complexity index is 550. The van der Waals surface area contributed by atoms with Crippen LogP contribution in [0.4, 0.5) is 0 Å². The molecule has 0 aliphatic carbocycles. The lowest BCUT2D eigenvalue weighted by Crippen LogP contribution is -2.43. The molecule has 100 valence electrons. The quantitative estimate of drug-likeness (QED) is 0.802. The normalized spacial score (nSPS) is 22.3. The molecule has 6 nitrogen and oxygen atoms in total. The molecule has 0 bridgehead atoms. The van der Waals surface area contributed by atoms with Gasteiger partial charge in [0, 0.05) is 38.2 Å². The van der Waals surface area contributed by atoms with E-state index in [4.69, 9.17) is 0 Å². The SMILES string of the molecule is CCn1cnc(S(=O)(=O)N2CCC(=O)C(C)C2)c1. The molecule has 0 radical (unpaired) electrons. The molecule has 2 rings (SSSR count). The molecule has 0 amide bonds. The highest BCUT2D eigenvalue weighted by Crippen LogP contribution is 2.20. The fraction of sp³-hybridized carbons (Fsp3) is 0.636. The van der Waals surface area contributed by atoms with Crippen LogP contribution in [0.1, 0.15) is 20.3 Å². The van der Waals surface area contributed by atoms with Gasteiger partial charge in [-0.2, -0.15) is 4.31 Å². The second-order valence-electron chi connectivity index (χ2n) is 4.52. The van der Waals surface area contributed by atoms with E-state index in [1.165, 1.54) is 16.8 Å². The predicted molar refractivity (Wildman–Crippen MR) is 65.4 cm³/mol. The maximum atomic E-state index is 12.3. The molecule has 2 heterocycles. The fourth-order valence-electron chi connectivity index (χ4n) is 1.98. The average Bonchev–Trinajstić information content (AvgIpc) is 2.81. The molecule has 1 atom stereocenters. The van der Waals surface area contributed by atoms with E-state index in [0.29, 0.717) is 6.54 Å². The van der Waals surface area contributed by atoms with Gasteiger partial charge < -0.3 is 4.57 Å². The van der Waals surface area contributed by atoms with E-state index in [1.807, 2.05) is 6.92 Å². The van der Waals surface area contributed by atoms with Gasteiger partial charge in [0.2, 0.25) is 0 Å². The van der Waals surface area contributed by atoms with Crippen molar-refractivity contribution in [3.05, 3.63) is 12.5 Å². The van der Waals surface area contributed by atoms with Crippen LogP contribution in [-0.2, 0) is 21.4 Å². The molecule has 1 saturated heterocycles. The molecule has 0 saturated carbocycles. The van der Waals surface area contributed by atoms with Gasteiger partial charge in [-0.15, -0.1) is 0 Å². The average molecular weight is 271 g/mol. The summed E-state index contributed by atoms with van der Waals surface area (Å²) in [6.45, 7) is 4.86. The summed E-state index contributed by atoms with van der Waals surface area (Å²) in [5.41, 5.74) is 0. The van der Waals surface area contributed by atoms with Gasteiger partial charge in [0.1, 0.15) is 5.78 Å². The highest BCUT2D eigenvalue weighted by molar-refractivity contribution is 7.89. The number of rotatable bonds is 3. The highest BCUT2D eigenvalue weighted by atomic mass is 32.2. The van der Waals surface area contributed by atoms with Crippen molar-refractivity contribution < 1.29 is 13.2 Å². The van der Waals surface area contributed by atoms with Crippen LogP contribution in [0.3, 0.4) is 0 Å². The van der Waals surface area contributed by atoms with Gasteiger partial charge in [0.05, 0.1) is 6.33 Å². The zero-order valence-electron chi connectivity index (χ0n) is 10.5. The van der Waals surface area contributed by atoms with Crippen LogP contribution in [0.5, 0.6) is 0 Å². The van der Waals surface area contributed by atoms with Gasteiger partial charge in [-0.3, -0.25) is 4.79 Å². The number of piperidine rings is 1. The Morgan fingerprint density at radius 3 is 2.78 bits per heavy atom. The minimum absolute atomic E-state index is 0.0610. The summed E-state index contributed by atoms with van der Waals surface area (Å²) in [6.07, 6.45) is 3.32. The molecule has 0 spiro atoms. The third-order valence-electron chi connectivity index (χ3n) is 3.21. The molecular formula is C11H17N3O3S. The van der Waals surface area contributed by atoms with Crippen LogP contribution >= 0.6 is 0 Å². The van der Waals surface area contributed by atoms with E-state index >= 15 is 0 Å². The van der Waals surface area contributed by atoms with Crippen LogP contribution in [-0.4, -0.2) is 41.1 Å². The van der Waals surface area contributed by atoms with E-state index in [0.717, 1.165) is 0 Å². The molecule has 0 aromatic carbocycles. The summed E-state index contributed by atoms with van der Waals surface area (Å²) < 4.78 is 27.7. The van der Waals surface area contributed by atoms with E-state index in [1.54, 1.807) is 11.5 Å². The fourth-order valence-corrected chi connectivity index (χ4v) is 3.44. The first-order chi connectivity index (χ1) is 8.45. The predicted octanol–water partition coefficient (Wildman–Crippen LogP) is 0.503. The van der Waals surface area contributed by atoms with Crippen molar-refractivity contribution >= 4 is 15.8 Å². The summed E-state index contributed by atoms with van der Waals surface area (Å²) >= 11 is 0. The third-order valence-corrected chi connectivity index (χ3v) is 4.96. The Morgan fingerprint density at radius 1 is 1.50 bits per heavy atom. The van der Waals surface area contributed by atoms with Crippen molar-refractivity contribution in [2.24, 2.45) is 5.92 Å². The molecule has 18 heavy (non-hydrogen) atoms. The number of carbonyl (C=O) groups is 1.